The van der Waals surface area contributed by atoms with E-state index in [0.717, 1.165) is 58.3 Å². The van der Waals surface area contributed by atoms with Crippen LogP contribution in [0.4, 0.5) is 17.5 Å². The van der Waals surface area contributed by atoms with Gasteiger partial charge in [0.05, 0.1) is 43.4 Å². The molecule has 0 spiro atoms. The van der Waals surface area contributed by atoms with Crippen molar-refractivity contribution in [2.24, 2.45) is 7.05 Å². The van der Waals surface area contributed by atoms with Gasteiger partial charge in [0.25, 0.3) is 0 Å². The molecule has 34 heavy (non-hydrogen) atoms. The normalized spacial score (nSPS) is 14.8. The zero-order valence-corrected chi connectivity index (χ0v) is 20.4. The Morgan fingerprint density at radius 3 is 2.50 bits per heavy atom. The summed E-state index contributed by atoms with van der Waals surface area (Å²) in [6, 6.07) is 7.99. The Bertz CT molecular complexity index is 1380. The summed E-state index contributed by atoms with van der Waals surface area (Å²) in [6.07, 6.45) is 3.70. The van der Waals surface area contributed by atoms with Gasteiger partial charge < -0.3 is 24.3 Å². The van der Waals surface area contributed by atoms with E-state index in [1.165, 1.54) is 0 Å². The van der Waals surface area contributed by atoms with Crippen LogP contribution < -0.4 is 15.0 Å². The van der Waals surface area contributed by atoms with Crippen LogP contribution in [-0.2, 0) is 11.8 Å². The minimum atomic E-state index is -0.159. The first-order valence-electron chi connectivity index (χ1n) is 11.2. The van der Waals surface area contributed by atoms with Crippen LogP contribution in [0.25, 0.3) is 22.2 Å². The molecule has 0 saturated carbocycles. The molecule has 5 rings (SSSR count). The molecule has 1 aliphatic rings. The van der Waals surface area contributed by atoms with Gasteiger partial charge in [0.1, 0.15) is 17.1 Å². The monoisotopic (exact) mass is 459 g/mol. The maximum atomic E-state index is 5.67. The van der Waals surface area contributed by atoms with E-state index in [1.54, 1.807) is 14.2 Å². The van der Waals surface area contributed by atoms with Crippen molar-refractivity contribution in [2.45, 2.75) is 26.4 Å². The number of rotatable bonds is 6. The summed E-state index contributed by atoms with van der Waals surface area (Å²) in [5.74, 6) is 2.98. The lowest BCUT2D eigenvalue weighted by Gasteiger charge is -2.47. The second-order valence-corrected chi connectivity index (χ2v) is 9.02. The minimum Gasteiger partial charge on any atom is -0.495 e. The van der Waals surface area contributed by atoms with Gasteiger partial charge in [-0.05, 0) is 39.0 Å². The maximum absolute atomic E-state index is 5.67. The molecule has 4 heterocycles. The summed E-state index contributed by atoms with van der Waals surface area (Å²) in [5.41, 5.74) is 4.40. The smallest absolute Gasteiger partial charge is 0.227 e. The van der Waals surface area contributed by atoms with Crippen LogP contribution in [0, 0.1) is 13.8 Å². The molecule has 1 aliphatic heterocycles. The Hall–Kier alpha value is -3.72. The van der Waals surface area contributed by atoms with Crippen LogP contribution in [0.5, 0.6) is 5.75 Å². The van der Waals surface area contributed by atoms with Gasteiger partial charge in [-0.25, -0.2) is 19.9 Å². The van der Waals surface area contributed by atoms with Crippen LogP contribution in [0.1, 0.15) is 18.4 Å². The molecule has 1 N–H and O–H groups in total. The highest BCUT2D eigenvalue weighted by Crippen LogP contribution is 2.35. The molecular formula is C25H29N7O2. The van der Waals surface area contributed by atoms with Crippen LogP contribution in [-0.4, -0.2) is 57.4 Å². The molecule has 1 fully saturated rings. The Kier molecular flexibility index (Phi) is 5.36. The lowest BCUT2D eigenvalue weighted by molar-refractivity contribution is -0.0170. The Morgan fingerprint density at radius 2 is 1.82 bits per heavy atom. The van der Waals surface area contributed by atoms with Gasteiger partial charge in [-0.2, -0.15) is 0 Å². The van der Waals surface area contributed by atoms with E-state index in [2.05, 4.69) is 31.7 Å². The van der Waals surface area contributed by atoms with Gasteiger partial charge in [0.15, 0.2) is 5.82 Å². The number of methoxy groups -OCH3 is 2. The second-order valence-electron chi connectivity index (χ2n) is 9.02. The largest absolute Gasteiger partial charge is 0.495 e. The van der Waals surface area contributed by atoms with E-state index >= 15 is 0 Å². The third kappa shape index (κ3) is 3.81. The summed E-state index contributed by atoms with van der Waals surface area (Å²) in [4.78, 5) is 20.7. The first-order valence-corrected chi connectivity index (χ1v) is 11.2. The number of benzene rings is 1. The highest BCUT2D eigenvalue weighted by Gasteiger charge is 2.40. The summed E-state index contributed by atoms with van der Waals surface area (Å²) in [5, 5.41) is 4.27. The molecule has 176 valence electrons. The van der Waals surface area contributed by atoms with E-state index in [0.29, 0.717) is 11.7 Å². The molecule has 1 saturated heterocycles. The van der Waals surface area contributed by atoms with Crippen molar-refractivity contribution in [1.82, 2.24) is 24.5 Å². The number of pyridine rings is 1. The number of hydrogen-bond acceptors (Lipinski definition) is 8. The second kappa shape index (κ2) is 8.25. The Balaban J connectivity index is 1.48. The molecular weight excluding hydrogens is 430 g/mol. The number of aryl methyl sites for hydroxylation is 2. The molecule has 0 aliphatic carbocycles. The van der Waals surface area contributed by atoms with Gasteiger partial charge >= 0.3 is 0 Å². The van der Waals surface area contributed by atoms with Crippen LogP contribution in [0.3, 0.4) is 0 Å². The first kappa shape index (κ1) is 22.1. The third-order valence-corrected chi connectivity index (χ3v) is 6.48. The van der Waals surface area contributed by atoms with Crippen molar-refractivity contribution >= 4 is 28.4 Å². The molecule has 0 unspecified atom stereocenters. The lowest BCUT2D eigenvalue weighted by atomic mass is 9.96. The number of imidazole rings is 1. The van der Waals surface area contributed by atoms with Crippen molar-refractivity contribution < 1.29 is 9.47 Å². The van der Waals surface area contributed by atoms with E-state index in [1.807, 2.05) is 57.6 Å². The predicted molar refractivity (Wildman–Crippen MR) is 133 cm³/mol. The van der Waals surface area contributed by atoms with Crippen molar-refractivity contribution in [1.29, 1.82) is 0 Å². The summed E-state index contributed by atoms with van der Waals surface area (Å²) in [7, 11) is 5.40. The molecule has 9 heteroatoms. The number of hydrogen-bond donors (Lipinski definition) is 1. The van der Waals surface area contributed by atoms with E-state index < -0.39 is 0 Å². The molecule has 0 radical (unpaired) electrons. The van der Waals surface area contributed by atoms with Crippen LogP contribution in [0.2, 0.25) is 0 Å². The van der Waals surface area contributed by atoms with Crippen molar-refractivity contribution in [3.05, 3.63) is 48.2 Å². The van der Waals surface area contributed by atoms with E-state index in [9.17, 15) is 0 Å². The third-order valence-electron chi connectivity index (χ3n) is 6.48. The van der Waals surface area contributed by atoms with Gasteiger partial charge in [0, 0.05) is 37.0 Å². The van der Waals surface area contributed by atoms with Gasteiger partial charge in [-0.3, -0.25) is 0 Å². The van der Waals surface area contributed by atoms with Crippen molar-refractivity contribution in [3.8, 4) is 17.0 Å². The van der Waals surface area contributed by atoms with Crippen LogP contribution in [0.15, 0.2) is 36.7 Å². The highest BCUT2D eigenvalue weighted by atomic mass is 16.5. The molecule has 0 bridgehead atoms. The number of ether oxygens (including phenoxy) is 2. The van der Waals surface area contributed by atoms with E-state index in [4.69, 9.17) is 19.4 Å². The van der Waals surface area contributed by atoms with Crippen LogP contribution >= 0.6 is 0 Å². The zero-order chi connectivity index (χ0) is 24.0. The number of anilines is 3. The number of aromatic nitrogens is 5. The van der Waals surface area contributed by atoms with Crippen molar-refractivity contribution in [2.75, 3.05) is 37.5 Å². The standard InChI is InChI=1S/C25H29N7O2/c1-15-9-18-11-27-24(30-22(18)23(28-15)32-13-25(3,14-32)34-6)29-19-8-7-17(10-21(19)33-5)20-12-26-16(2)31(20)4/h7-12H,13-14H2,1-6H3,(H,27,29,30). The van der Waals surface area contributed by atoms with Gasteiger partial charge in [0.2, 0.25) is 5.95 Å². The molecule has 4 aromatic rings. The Labute approximate surface area is 198 Å². The zero-order valence-electron chi connectivity index (χ0n) is 20.4. The highest BCUT2D eigenvalue weighted by molar-refractivity contribution is 5.90. The number of nitrogens with one attached hydrogen (secondary N) is 1. The average Bonchev–Trinajstić information content (AvgIpc) is 3.15. The Morgan fingerprint density at radius 1 is 1.03 bits per heavy atom. The quantitative estimate of drug-likeness (QED) is 0.462. The molecule has 0 amide bonds. The fourth-order valence-corrected chi connectivity index (χ4v) is 4.32. The van der Waals surface area contributed by atoms with Crippen molar-refractivity contribution in [3.63, 3.8) is 0 Å². The SMILES string of the molecule is COc1cc(-c2cnc(C)n2C)ccc1Nc1ncc2cc(C)nc(N3CC(C)(OC)C3)c2n1. The maximum Gasteiger partial charge on any atom is 0.227 e. The topological polar surface area (TPSA) is 90.2 Å². The van der Waals surface area contributed by atoms with E-state index in [-0.39, 0.29) is 5.60 Å². The first-order chi connectivity index (χ1) is 16.3. The number of nitrogens with zero attached hydrogens (tertiary/aromatic N) is 6. The molecule has 9 nitrogen and oxygen atoms in total. The fraction of sp³-hybridized carbons (Fsp3) is 0.360. The summed E-state index contributed by atoms with van der Waals surface area (Å²) in [6.45, 7) is 7.61. The summed E-state index contributed by atoms with van der Waals surface area (Å²) >= 11 is 0. The molecule has 1 aromatic carbocycles. The van der Waals surface area contributed by atoms with Gasteiger partial charge in [-0.1, -0.05) is 6.07 Å². The fourth-order valence-electron chi connectivity index (χ4n) is 4.32. The van der Waals surface area contributed by atoms with Gasteiger partial charge in [-0.15, -0.1) is 0 Å². The summed E-state index contributed by atoms with van der Waals surface area (Å²) < 4.78 is 13.3. The minimum absolute atomic E-state index is 0.159. The molecule has 3 aromatic heterocycles. The number of fused-ring (bicyclic) bond motifs is 1. The molecule has 0 atom stereocenters. The lowest BCUT2D eigenvalue weighted by Crippen LogP contribution is -2.61. The predicted octanol–water partition coefficient (Wildman–Crippen LogP) is 4.02. The average molecular weight is 460 g/mol.